The Morgan fingerprint density at radius 2 is 2.33 bits per heavy atom. The van der Waals surface area contributed by atoms with Crippen LogP contribution in [0.4, 0.5) is 0 Å². The molecule has 1 heteroatoms. The fourth-order valence-corrected chi connectivity index (χ4v) is 0.465. The van der Waals surface area contributed by atoms with E-state index >= 15 is 0 Å². The third-order valence-electron chi connectivity index (χ3n) is 1.01. The van der Waals surface area contributed by atoms with Crippen LogP contribution in [0.3, 0.4) is 0 Å². The van der Waals surface area contributed by atoms with E-state index in [0.29, 0.717) is 6.42 Å². The zero-order valence-corrected chi connectivity index (χ0v) is 5.89. The molecule has 0 unspecified atom stereocenters. The average Bonchev–Trinajstić information content (AvgIpc) is 1.89. The Bertz CT molecular complexity index is 103. The first-order chi connectivity index (χ1) is 4.31. The van der Waals surface area contributed by atoms with Gasteiger partial charge in [0.15, 0.2) is 5.78 Å². The molecule has 0 saturated heterocycles. The van der Waals surface area contributed by atoms with Crippen LogP contribution >= 0.6 is 0 Å². The van der Waals surface area contributed by atoms with Gasteiger partial charge < -0.3 is 0 Å². The predicted octanol–water partition coefficient (Wildman–Crippen LogP) is 2.14. The van der Waals surface area contributed by atoms with Crippen LogP contribution in [0.25, 0.3) is 0 Å². The molecule has 0 saturated carbocycles. The van der Waals surface area contributed by atoms with Crippen LogP contribution in [0.1, 0.15) is 26.2 Å². The molecule has 0 aromatic heterocycles. The number of carbonyl (C=O) groups is 1. The summed E-state index contributed by atoms with van der Waals surface area (Å²) in [4.78, 5) is 10.5. The zero-order chi connectivity index (χ0) is 7.11. The first kappa shape index (κ1) is 8.41. The fourth-order valence-electron chi connectivity index (χ4n) is 0.465. The lowest BCUT2D eigenvalue weighted by atomic mass is 10.2. The molecule has 0 heterocycles. The Balaban J connectivity index is 3.32. The van der Waals surface area contributed by atoms with Gasteiger partial charge >= 0.3 is 0 Å². The van der Waals surface area contributed by atoms with E-state index in [9.17, 15) is 4.79 Å². The number of hydrogen-bond acceptors (Lipinski definition) is 1. The molecular weight excluding hydrogens is 112 g/mol. The van der Waals surface area contributed by atoms with Crippen molar-refractivity contribution in [2.75, 3.05) is 0 Å². The van der Waals surface area contributed by atoms with Crippen LogP contribution in [0, 0.1) is 6.92 Å². The van der Waals surface area contributed by atoms with E-state index in [1.165, 1.54) is 0 Å². The summed E-state index contributed by atoms with van der Waals surface area (Å²) >= 11 is 0. The molecule has 0 atom stereocenters. The molecule has 0 bridgehead atoms. The van der Waals surface area contributed by atoms with Gasteiger partial charge in [-0.05, 0) is 19.4 Å². The second-order valence-corrected chi connectivity index (χ2v) is 1.91. The summed E-state index contributed by atoms with van der Waals surface area (Å²) < 4.78 is 0. The smallest absolute Gasteiger partial charge is 0.155 e. The molecule has 0 aliphatic carbocycles. The van der Waals surface area contributed by atoms with Gasteiger partial charge in [0.05, 0.1) is 0 Å². The molecule has 0 rings (SSSR count). The first-order valence-electron chi connectivity index (χ1n) is 3.30. The quantitative estimate of drug-likeness (QED) is 0.526. The van der Waals surface area contributed by atoms with Crippen LogP contribution in [-0.2, 0) is 4.79 Å². The second kappa shape index (κ2) is 5.54. The summed E-state index contributed by atoms with van der Waals surface area (Å²) in [7, 11) is 0. The first-order valence-corrected chi connectivity index (χ1v) is 3.30. The lowest BCUT2D eigenvalue weighted by molar-refractivity contribution is -0.113. The van der Waals surface area contributed by atoms with Crippen LogP contribution in [0.5, 0.6) is 0 Å². The minimum atomic E-state index is 0.114. The highest BCUT2D eigenvalue weighted by molar-refractivity contribution is 5.89. The second-order valence-electron chi connectivity index (χ2n) is 1.91. The maximum Gasteiger partial charge on any atom is 0.155 e. The fraction of sp³-hybridized carbons (Fsp3) is 0.500. The van der Waals surface area contributed by atoms with Gasteiger partial charge in [-0.1, -0.05) is 19.4 Å². The summed E-state index contributed by atoms with van der Waals surface area (Å²) in [5, 5.41) is 0. The number of ketones is 1. The van der Waals surface area contributed by atoms with Crippen LogP contribution < -0.4 is 0 Å². The molecule has 0 fully saturated rings. The maximum atomic E-state index is 10.5. The Kier molecular flexibility index (Phi) is 5.18. The number of rotatable bonds is 4. The van der Waals surface area contributed by atoms with E-state index in [2.05, 4.69) is 13.8 Å². The molecule has 9 heavy (non-hydrogen) atoms. The maximum absolute atomic E-state index is 10.5. The van der Waals surface area contributed by atoms with Crippen molar-refractivity contribution in [1.29, 1.82) is 0 Å². The minimum absolute atomic E-state index is 0.114. The Labute approximate surface area is 56.8 Å². The van der Waals surface area contributed by atoms with Crippen LogP contribution in [-0.4, -0.2) is 5.78 Å². The monoisotopic (exact) mass is 125 g/mol. The third kappa shape index (κ3) is 5.28. The van der Waals surface area contributed by atoms with Crippen molar-refractivity contribution in [2.24, 2.45) is 0 Å². The van der Waals surface area contributed by atoms with E-state index in [1.54, 1.807) is 6.08 Å². The Morgan fingerprint density at radius 1 is 1.67 bits per heavy atom. The zero-order valence-electron chi connectivity index (χ0n) is 5.89. The topological polar surface area (TPSA) is 17.1 Å². The van der Waals surface area contributed by atoms with Gasteiger partial charge in [0.1, 0.15) is 0 Å². The van der Waals surface area contributed by atoms with Crippen molar-refractivity contribution in [2.45, 2.75) is 26.2 Å². The Morgan fingerprint density at radius 3 is 2.78 bits per heavy atom. The van der Waals surface area contributed by atoms with Crippen molar-refractivity contribution in [3.8, 4) is 0 Å². The number of unbranched alkanes of at least 4 members (excludes halogenated alkanes) is 1. The molecular formula is C8H13O. The number of carbonyl (C=O) groups excluding carboxylic acids is 1. The van der Waals surface area contributed by atoms with Gasteiger partial charge in [-0.15, -0.1) is 0 Å². The SMILES string of the molecule is [CH2]CC(=O)/C=C/CCC. The van der Waals surface area contributed by atoms with Crippen molar-refractivity contribution in [3.63, 3.8) is 0 Å². The largest absolute Gasteiger partial charge is 0.295 e. The molecule has 0 aromatic carbocycles. The van der Waals surface area contributed by atoms with Gasteiger partial charge in [-0.3, -0.25) is 4.79 Å². The number of allylic oxidation sites excluding steroid dienone is 2. The van der Waals surface area contributed by atoms with Crippen molar-refractivity contribution in [1.82, 2.24) is 0 Å². The average molecular weight is 125 g/mol. The third-order valence-corrected chi connectivity index (χ3v) is 1.01. The van der Waals surface area contributed by atoms with Gasteiger partial charge in [0.2, 0.25) is 0 Å². The van der Waals surface area contributed by atoms with Gasteiger partial charge in [-0.2, -0.15) is 0 Å². The van der Waals surface area contributed by atoms with Crippen molar-refractivity contribution in [3.05, 3.63) is 19.1 Å². The number of hydrogen-bond donors (Lipinski definition) is 0. The summed E-state index contributed by atoms with van der Waals surface area (Å²) in [6, 6.07) is 0. The van der Waals surface area contributed by atoms with Gasteiger partial charge in [-0.25, -0.2) is 0 Å². The molecule has 1 radical (unpaired) electrons. The van der Waals surface area contributed by atoms with Gasteiger partial charge in [0.25, 0.3) is 0 Å². The summed E-state index contributed by atoms with van der Waals surface area (Å²) in [6.45, 7) is 5.55. The normalized spacial score (nSPS) is 10.4. The molecule has 0 aliphatic heterocycles. The molecule has 51 valence electrons. The molecule has 1 nitrogen and oxygen atoms in total. The van der Waals surface area contributed by atoms with E-state index < -0.39 is 0 Å². The molecule has 0 spiro atoms. The van der Waals surface area contributed by atoms with E-state index in [-0.39, 0.29) is 5.78 Å². The summed E-state index contributed by atoms with van der Waals surface area (Å²) in [5.41, 5.74) is 0. The molecule has 0 amide bonds. The van der Waals surface area contributed by atoms with Crippen molar-refractivity contribution < 1.29 is 4.79 Å². The van der Waals surface area contributed by atoms with Crippen molar-refractivity contribution >= 4 is 5.78 Å². The van der Waals surface area contributed by atoms with Crippen LogP contribution in [0.15, 0.2) is 12.2 Å². The molecule has 0 aliphatic rings. The summed E-state index contributed by atoms with van der Waals surface area (Å²) in [5.74, 6) is 0.114. The van der Waals surface area contributed by atoms with E-state index in [1.807, 2.05) is 6.08 Å². The highest BCUT2D eigenvalue weighted by Crippen LogP contribution is 1.89. The lowest BCUT2D eigenvalue weighted by Crippen LogP contribution is -1.86. The van der Waals surface area contributed by atoms with Gasteiger partial charge in [0, 0.05) is 6.42 Å². The van der Waals surface area contributed by atoms with Crippen LogP contribution in [0.2, 0.25) is 0 Å². The van der Waals surface area contributed by atoms with E-state index in [0.717, 1.165) is 12.8 Å². The van der Waals surface area contributed by atoms with E-state index in [4.69, 9.17) is 0 Å². The molecule has 0 N–H and O–H groups in total. The highest BCUT2D eigenvalue weighted by Gasteiger charge is 1.86. The predicted molar refractivity (Wildman–Crippen MR) is 39.0 cm³/mol. The summed E-state index contributed by atoms with van der Waals surface area (Å²) in [6.07, 6.45) is 5.97. The minimum Gasteiger partial charge on any atom is -0.295 e. The highest BCUT2D eigenvalue weighted by atomic mass is 16.1. The Hall–Kier alpha value is -0.590. The molecule has 0 aromatic rings. The standard InChI is InChI=1S/C8H13O/c1-3-5-6-7-8(9)4-2/h6-7H,2-5H2,1H3/b7-6+. The lowest BCUT2D eigenvalue weighted by Gasteiger charge is -1.83.